The fraction of sp³-hybridized carbons (Fsp3) is 0.667. The van der Waals surface area contributed by atoms with E-state index in [1.54, 1.807) is 11.3 Å². The summed E-state index contributed by atoms with van der Waals surface area (Å²) >= 11 is 7.67. The molecule has 0 aliphatic carbocycles. The summed E-state index contributed by atoms with van der Waals surface area (Å²) in [6.07, 6.45) is 2.77. The topological polar surface area (TPSA) is 49.6 Å². The molecule has 0 spiro atoms. The average molecular weight is 401 g/mol. The van der Waals surface area contributed by atoms with Crippen molar-refractivity contribution in [2.45, 2.75) is 31.8 Å². The van der Waals surface area contributed by atoms with Crippen LogP contribution in [-0.2, 0) is 11.3 Å². The highest BCUT2D eigenvalue weighted by atomic mass is 35.5. The molecule has 0 unspecified atom stereocenters. The van der Waals surface area contributed by atoms with Crippen molar-refractivity contribution in [2.24, 2.45) is 11.7 Å². The molecule has 1 aromatic rings. The minimum atomic E-state index is 0. The highest BCUT2D eigenvalue weighted by Crippen LogP contribution is 2.32. The number of fused-ring (bicyclic) bond motifs is 1. The number of carbonyl (C=O) groups is 1. The van der Waals surface area contributed by atoms with E-state index in [2.05, 4.69) is 11.0 Å². The first-order chi connectivity index (χ1) is 10.2. The third kappa shape index (κ3) is 4.97. The molecule has 2 saturated heterocycles. The molecule has 2 aliphatic rings. The van der Waals surface area contributed by atoms with E-state index in [9.17, 15) is 4.79 Å². The number of carbonyl (C=O) groups excluding carboxylic acids is 1. The Labute approximate surface area is 159 Å². The van der Waals surface area contributed by atoms with Gasteiger partial charge >= 0.3 is 0 Å². The minimum Gasteiger partial charge on any atom is -0.338 e. The molecular formula is C15H24Cl3N3OS. The van der Waals surface area contributed by atoms with E-state index in [1.807, 2.05) is 11.0 Å². The Morgan fingerprint density at radius 3 is 2.74 bits per heavy atom. The van der Waals surface area contributed by atoms with Crippen LogP contribution in [-0.4, -0.2) is 47.9 Å². The van der Waals surface area contributed by atoms with Crippen molar-refractivity contribution in [1.82, 2.24) is 9.80 Å². The van der Waals surface area contributed by atoms with Gasteiger partial charge in [-0.2, -0.15) is 0 Å². The van der Waals surface area contributed by atoms with Gasteiger partial charge in [0.15, 0.2) is 0 Å². The fourth-order valence-electron chi connectivity index (χ4n) is 3.66. The number of amides is 1. The molecule has 0 saturated carbocycles. The molecule has 1 aromatic heterocycles. The highest BCUT2D eigenvalue weighted by Gasteiger charge is 2.38. The number of nitrogens with zero attached hydrogens (tertiary/aromatic N) is 2. The molecule has 2 atom stereocenters. The van der Waals surface area contributed by atoms with Crippen molar-refractivity contribution in [2.75, 3.05) is 26.2 Å². The van der Waals surface area contributed by atoms with E-state index in [4.69, 9.17) is 17.3 Å². The van der Waals surface area contributed by atoms with Gasteiger partial charge in [-0.1, -0.05) is 11.6 Å². The zero-order chi connectivity index (χ0) is 14.8. The summed E-state index contributed by atoms with van der Waals surface area (Å²) in [4.78, 5) is 17.9. The predicted molar refractivity (Wildman–Crippen MR) is 101 cm³/mol. The third-order valence-electron chi connectivity index (χ3n) is 4.61. The van der Waals surface area contributed by atoms with Crippen LogP contribution in [0.1, 0.15) is 24.1 Å². The van der Waals surface area contributed by atoms with Crippen molar-refractivity contribution in [1.29, 1.82) is 0 Å². The van der Waals surface area contributed by atoms with Crippen LogP contribution in [0.25, 0.3) is 0 Å². The molecule has 4 nitrogen and oxygen atoms in total. The molecule has 2 aliphatic heterocycles. The zero-order valence-corrected chi connectivity index (χ0v) is 16.2. The van der Waals surface area contributed by atoms with E-state index in [1.165, 1.54) is 4.88 Å². The second-order valence-corrected chi connectivity index (χ2v) is 7.77. The zero-order valence-electron chi connectivity index (χ0n) is 12.9. The molecule has 23 heavy (non-hydrogen) atoms. The van der Waals surface area contributed by atoms with Crippen LogP contribution in [0.4, 0.5) is 0 Å². The Kier molecular flexibility index (Phi) is 8.63. The largest absolute Gasteiger partial charge is 0.338 e. The van der Waals surface area contributed by atoms with Crippen LogP contribution >= 0.6 is 47.8 Å². The normalized spacial score (nSPS) is 24.6. The Hall–Kier alpha value is -0.0400. The highest BCUT2D eigenvalue weighted by molar-refractivity contribution is 7.16. The first kappa shape index (κ1) is 21.0. The maximum atomic E-state index is 12.1. The minimum absolute atomic E-state index is 0. The molecule has 2 N–H and O–H groups in total. The number of piperidine rings is 2. The van der Waals surface area contributed by atoms with Gasteiger partial charge in [-0.05, 0) is 30.9 Å². The number of halogens is 3. The molecule has 0 bridgehead atoms. The standard InChI is InChI=1S/C15H22ClN3OS.2ClH/c16-14-3-2-12(21-14)10-18-7-5-13-11(9-18)1-4-15(20)19(13)8-6-17;;/h2-3,11,13H,1,4-10,17H2;2*1H/t11-,13+;;/m0../s1. The van der Waals surface area contributed by atoms with E-state index < -0.39 is 0 Å². The van der Waals surface area contributed by atoms with Crippen LogP contribution in [0.15, 0.2) is 12.1 Å². The Bertz CT molecular complexity index is 514. The summed E-state index contributed by atoms with van der Waals surface area (Å²) in [7, 11) is 0. The molecule has 0 radical (unpaired) electrons. The van der Waals surface area contributed by atoms with Crippen LogP contribution in [0.5, 0.6) is 0 Å². The molecule has 1 amide bonds. The van der Waals surface area contributed by atoms with Gasteiger partial charge in [0, 0.05) is 50.1 Å². The smallest absolute Gasteiger partial charge is 0.222 e. The number of likely N-dealkylation sites (tertiary alicyclic amines) is 2. The predicted octanol–water partition coefficient (Wildman–Crippen LogP) is 3.02. The van der Waals surface area contributed by atoms with Crippen LogP contribution in [0.2, 0.25) is 4.34 Å². The number of hydrogen-bond acceptors (Lipinski definition) is 4. The summed E-state index contributed by atoms with van der Waals surface area (Å²) in [5.41, 5.74) is 5.66. The van der Waals surface area contributed by atoms with Crippen molar-refractivity contribution >= 4 is 53.7 Å². The Morgan fingerprint density at radius 1 is 1.30 bits per heavy atom. The number of rotatable bonds is 4. The lowest BCUT2D eigenvalue weighted by Crippen LogP contribution is -2.56. The lowest BCUT2D eigenvalue weighted by Gasteiger charge is -2.47. The van der Waals surface area contributed by atoms with Crippen molar-refractivity contribution in [3.8, 4) is 0 Å². The maximum Gasteiger partial charge on any atom is 0.222 e. The molecule has 3 heterocycles. The van der Waals surface area contributed by atoms with Gasteiger partial charge in [-0.25, -0.2) is 0 Å². The van der Waals surface area contributed by atoms with Crippen LogP contribution in [0.3, 0.4) is 0 Å². The SMILES string of the molecule is Cl.Cl.NCCN1C(=O)CC[C@H]2CN(Cc3ccc(Cl)s3)CC[C@H]21. The summed E-state index contributed by atoms with van der Waals surface area (Å²) in [5.74, 6) is 0.888. The number of thiophene rings is 1. The number of hydrogen-bond donors (Lipinski definition) is 1. The van der Waals surface area contributed by atoms with Gasteiger partial charge in [0.25, 0.3) is 0 Å². The van der Waals surface area contributed by atoms with E-state index in [0.717, 1.165) is 36.8 Å². The average Bonchev–Trinajstić information content (AvgIpc) is 2.87. The van der Waals surface area contributed by atoms with Crippen molar-refractivity contribution in [3.63, 3.8) is 0 Å². The second kappa shape index (κ2) is 9.44. The summed E-state index contributed by atoms with van der Waals surface area (Å²) in [5, 5.41) is 0. The van der Waals surface area contributed by atoms with Crippen LogP contribution in [0, 0.1) is 5.92 Å². The van der Waals surface area contributed by atoms with E-state index >= 15 is 0 Å². The first-order valence-electron chi connectivity index (χ1n) is 7.63. The van der Waals surface area contributed by atoms with Gasteiger partial charge in [0.05, 0.1) is 4.34 Å². The lowest BCUT2D eigenvalue weighted by atomic mass is 9.83. The fourth-order valence-corrected chi connectivity index (χ4v) is 4.79. The van der Waals surface area contributed by atoms with Gasteiger partial charge < -0.3 is 10.6 Å². The molecule has 2 fully saturated rings. The molecule has 3 rings (SSSR count). The quantitative estimate of drug-likeness (QED) is 0.845. The summed E-state index contributed by atoms with van der Waals surface area (Å²) in [6, 6.07) is 4.49. The lowest BCUT2D eigenvalue weighted by molar-refractivity contribution is -0.140. The maximum absolute atomic E-state index is 12.1. The van der Waals surface area contributed by atoms with Gasteiger partial charge in [-0.15, -0.1) is 36.2 Å². The summed E-state index contributed by atoms with van der Waals surface area (Å²) in [6.45, 7) is 4.37. The van der Waals surface area contributed by atoms with Crippen molar-refractivity contribution < 1.29 is 4.79 Å². The van der Waals surface area contributed by atoms with E-state index in [0.29, 0.717) is 37.4 Å². The molecule has 0 aromatic carbocycles. The van der Waals surface area contributed by atoms with Gasteiger partial charge in [0.1, 0.15) is 0 Å². The molecule has 132 valence electrons. The monoisotopic (exact) mass is 399 g/mol. The third-order valence-corrected chi connectivity index (χ3v) is 5.82. The summed E-state index contributed by atoms with van der Waals surface area (Å²) < 4.78 is 0.859. The van der Waals surface area contributed by atoms with Gasteiger partial charge in [0.2, 0.25) is 5.91 Å². The van der Waals surface area contributed by atoms with Gasteiger partial charge in [-0.3, -0.25) is 9.69 Å². The second-order valence-electron chi connectivity index (χ2n) is 5.97. The first-order valence-corrected chi connectivity index (χ1v) is 8.83. The number of nitrogens with two attached hydrogens (primary N) is 1. The molecular weight excluding hydrogens is 377 g/mol. The van der Waals surface area contributed by atoms with E-state index in [-0.39, 0.29) is 24.8 Å². The Balaban J connectivity index is 0.00000132. The van der Waals surface area contributed by atoms with Crippen molar-refractivity contribution in [3.05, 3.63) is 21.3 Å². The Morgan fingerprint density at radius 2 is 2.09 bits per heavy atom. The molecule has 8 heteroatoms. The van der Waals surface area contributed by atoms with Crippen LogP contribution < -0.4 is 5.73 Å².